The van der Waals surface area contributed by atoms with Crippen LogP contribution < -0.4 is 4.74 Å². The molecule has 5 nitrogen and oxygen atoms in total. The summed E-state index contributed by atoms with van der Waals surface area (Å²) in [4.78, 5) is 20.3. The Kier molecular flexibility index (Phi) is 2.90. The number of fused-ring (bicyclic) bond motifs is 1. The maximum atomic E-state index is 12.8. The molecule has 0 N–H and O–H groups in total. The lowest BCUT2D eigenvalue weighted by Crippen LogP contribution is -2.11. The standard InChI is InChI=1S/C14H10FN3O2/c1-9-13-12(6-16-7-18(13)8-17-9)14(19)20-11-4-2-10(15)3-5-11/h2-8H,1H3. The topological polar surface area (TPSA) is 56.5 Å². The van der Waals surface area contributed by atoms with Crippen molar-refractivity contribution >= 4 is 11.5 Å². The first-order chi connectivity index (χ1) is 9.65. The Balaban J connectivity index is 1.96. The van der Waals surface area contributed by atoms with Gasteiger partial charge >= 0.3 is 5.97 Å². The van der Waals surface area contributed by atoms with Crippen molar-refractivity contribution < 1.29 is 13.9 Å². The Hall–Kier alpha value is -2.76. The second-order valence-corrected chi connectivity index (χ2v) is 4.24. The van der Waals surface area contributed by atoms with E-state index in [1.165, 1.54) is 30.5 Å². The van der Waals surface area contributed by atoms with Gasteiger partial charge in [-0.1, -0.05) is 0 Å². The molecule has 1 aromatic carbocycles. The average Bonchev–Trinajstić information content (AvgIpc) is 2.83. The molecule has 2 heterocycles. The molecule has 0 aliphatic heterocycles. The van der Waals surface area contributed by atoms with Gasteiger partial charge in [-0.05, 0) is 31.2 Å². The Morgan fingerprint density at radius 3 is 2.75 bits per heavy atom. The minimum Gasteiger partial charge on any atom is -0.423 e. The summed E-state index contributed by atoms with van der Waals surface area (Å²) in [6, 6.07) is 5.24. The monoisotopic (exact) mass is 271 g/mol. The highest BCUT2D eigenvalue weighted by molar-refractivity contribution is 5.98. The molecule has 0 radical (unpaired) electrons. The summed E-state index contributed by atoms with van der Waals surface area (Å²) in [5.74, 6) is -0.672. The van der Waals surface area contributed by atoms with Crippen molar-refractivity contribution in [3.63, 3.8) is 0 Å². The van der Waals surface area contributed by atoms with Crippen LogP contribution in [0.25, 0.3) is 5.52 Å². The van der Waals surface area contributed by atoms with Crippen molar-refractivity contribution in [1.29, 1.82) is 0 Å². The molecule has 6 heteroatoms. The number of halogens is 1. The molecule has 0 amide bonds. The molecule has 0 bridgehead atoms. The Morgan fingerprint density at radius 1 is 1.25 bits per heavy atom. The summed E-state index contributed by atoms with van der Waals surface area (Å²) < 4.78 is 19.7. The summed E-state index contributed by atoms with van der Waals surface area (Å²) in [5, 5.41) is 0. The lowest BCUT2D eigenvalue weighted by atomic mass is 10.2. The van der Waals surface area contributed by atoms with Crippen LogP contribution in [0.15, 0.2) is 43.1 Å². The zero-order valence-electron chi connectivity index (χ0n) is 10.6. The molecule has 0 aliphatic rings. The molecule has 3 rings (SSSR count). The molecule has 0 aliphatic carbocycles. The molecule has 0 saturated carbocycles. The Morgan fingerprint density at radius 2 is 2.00 bits per heavy atom. The van der Waals surface area contributed by atoms with Gasteiger partial charge in [-0.25, -0.2) is 19.2 Å². The van der Waals surface area contributed by atoms with Crippen LogP contribution in [-0.2, 0) is 0 Å². The fourth-order valence-corrected chi connectivity index (χ4v) is 1.93. The number of nitrogens with zero attached hydrogens (tertiary/aromatic N) is 3. The minimum atomic E-state index is -0.557. The van der Waals surface area contributed by atoms with Gasteiger partial charge in [-0.2, -0.15) is 0 Å². The van der Waals surface area contributed by atoms with E-state index in [-0.39, 0.29) is 11.6 Å². The molecule has 0 unspecified atom stereocenters. The number of aryl methyl sites for hydroxylation is 1. The van der Waals surface area contributed by atoms with E-state index in [0.717, 1.165) is 0 Å². The lowest BCUT2D eigenvalue weighted by molar-refractivity contribution is 0.0735. The highest BCUT2D eigenvalue weighted by Gasteiger charge is 2.16. The smallest absolute Gasteiger partial charge is 0.347 e. The molecule has 20 heavy (non-hydrogen) atoms. The van der Waals surface area contributed by atoms with E-state index in [1.807, 2.05) is 0 Å². The van der Waals surface area contributed by atoms with Crippen LogP contribution >= 0.6 is 0 Å². The highest BCUT2D eigenvalue weighted by atomic mass is 19.1. The van der Waals surface area contributed by atoms with Crippen molar-refractivity contribution in [1.82, 2.24) is 14.4 Å². The predicted molar refractivity (Wildman–Crippen MR) is 69.1 cm³/mol. The van der Waals surface area contributed by atoms with Crippen molar-refractivity contribution in [2.45, 2.75) is 6.92 Å². The summed E-state index contributed by atoms with van der Waals surface area (Å²) in [6.45, 7) is 1.80. The molecule has 2 aromatic heterocycles. The lowest BCUT2D eigenvalue weighted by Gasteiger charge is -2.05. The molecule has 0 spiro atoms. The number of aromatic nitrogens is 3. The van der Waals surface area contributed by atoms with Crippen LogP contribution in [0.1, 0.15) is 16.1 Å². The van der Waals surface area contributed by atoms with Gasteiger partial charge in [0, 0.05) is 6.20 Å². The number of rotatable bonds is 2. The number of esters is 1. The highest BCUT2D eigenvalue weighted by Crippen LogP contribution is 2.17. The number of carbonyl (C=O) groups is 1. The first-order valence-corrected chi connectivity index (χ1v) is 5.90. The summed E-state index contributed by atoms with van der Waals surface area (Å²) >= 11 is 0. The second-order valence-electron chi connectivity index (χ2n) is 4.24. The summed E-state index contributed by atoms with van der Waals surface area (Å²) in [7, 11) is 0. The second kappa shape index (κ2) is 4.73. The van der Waals surface area contributed by atoms with E-state index in [4.69, 9.17) is 4.74 Å². The van der Waals surface area contributed by atoms with Crippen LogP contribution in [0.3, 0.4) is 0 Å². The fraction of sp³-hybridized carbons (Fsp3) is 0.0714. The predicted octanol–water partition coefficient (Wildman–Crippen LogP) is 2.40. The Bertz CT molecular complexity index is 781. The van der Waals surface area contributed by atoms with E-state index >= 15 is 0 Å². The third-order valence-corrected chi connectivity index (χ3v) is 2.87. The van der Waals surface area contributed by atoms with Crippen LogP contribution in [0.2, 0.25) is 0 Å². The molecular weight excluding hydrogens is 261 g/mol. The van der Waals surface area contributed by atoms with E-state index < -0.39 is 5.97 Å². The number of ether oxygens (including phenoxy) is 1. The van der Waals surface area contributed by atoms with Crippen molar-refractivity contribution in [2.24, 2.45) is 0 Å². The van der Waals surface area contributed by atoms with E-state index in [1.54, 1.807) is 24.0 Å². The molecule has 0 fully saturated rings. The molecule has 0 saturated heterocycles. The first kappa shape index (κ1) is 12.3. The molecule has 100 valence electrons. The van der Waals surface area contributed by atoms with Gasteiger partial charge in [0.15, 0.2) is 0 Å². The average molecular weight is 271 g/mol. The maximum absolute atomic E-state index is 12.8. The zero-order valence-corrected chi connectivity index (χ0v) is 10.6. The number of benzene rings is 1. The minimum absolute atomic E-state index is 0.274. The third-order valence-electron chi connectivity index (χ3n) is 2.87. The van der Waals surface area contributed by atoms with Crippen molar-refractivity contribution in [3.05, 3.63) is 60.2 Å². The van der Waals surface area contributed by atoms with Gasteiger partial charge in [-0.3, -0.25) is 4.40 Å². The summed E-state index contributed by atoms with van der Waals surface area (Å²) in [6.07, 6.45) is 4.56. The molecule has 0 atom stereocenters. The van der Waals surface area contributed by atoms with Gasteiger partial charge < -0.3 is 4.74 Å². The third kappa shape index (κ3) is 2.11. The maximum Gasteiger partial charge on any atom is 0.347 e. The van der Waals surface area contributed by atoms with Crippen LogP contribution in [-0.4, -0.2) is 20.3 Å². The van der Waals surface area contributed by atoms with Crippen molar-refractivity contribution in [2.75, 3.05) is 0 Å². The van der Waals surface area contributed by atoms with E-state index in [9.17, 15) is 9.18 Å². The van der Waals surface area contributed by atoms with Gasteiger partial charge in [-0.15, -0.1) is 0 Å². The number of hydrogen-bond donors (Lipinski definition) is 0. The SMILES string of the molecule is Cc1ncn2cncc(C(=O)Oc3ccc(F)cc3)c12. The van der Waals surface area contributed by atoms with E-state index in [2.05, 4.69) is 9.97 Å². The van der Waals surface area contributed by atoms with Gasteiger partial charge in [0.1, 0.15) is 29.8 Å². The molecular formula is C14H10FN3O2. The largest absolute Gasteiger partial charge is 0.423 e. The van der Waals surface area contributed by atoms with Gasteiger partial charge in [0.05, 0.1) is 11.2 Å². The summed E-state index contributed by atoms with van der Waals surface area (Å²) in [5.41, 5.74) is 1.66. The molecule has 3 aromatic rings. The van der Waals surface area contributed by atoms with E-state index in [0.29, 0.717) is 16.8 Å². The van der Waals surface area contributed by atoms with Crippen molar-refractivity contribution in [3.8, 4) is 5.75 Å². The van der Waals surface area contributed by atoms with Gasteiger partial charge in [0.25, 0.3) is 0 Å². The number of imidazole rings is 1. The first-order valence-electron chi connectivity index (χ1n) is 5.90. The van der Waals surface area contributed by atoms with Gasteiger partial charge in [0.2, 0.25) is 0 Å². The normalized spacial score (nSPS) is 10.7. The number of carbonyl (C=O) groups excluding carboxylic acids is 1. The Labute approximate surface area is 113 Å². The van der Waals surface area contributed by atoms with Crippen LogP contribution in [0, 0.1) is 12.7 Å². The fourth-order valence-electron chi connectivity index (χ4n) is 1.93. The number of hydrogen-bond acceptors (Lipinski definition) is 4. The quantitative estimate of drug-likeness (QED) is 0.530. The zero-order chi connectivity index (χ0) is 14.1. The van der Waals surface area contributed by atoms with Crippen LogP contribution in [0.5, 0.6) is 5.75 Å². The van der Waals surface area contributed by atoms with Crippen LogP contribution in [0.4, 0.5) is 4.39 Å².